The summed E-state index contributed by atoms with van der Waals surface area (Å²) < 4.78 is 7.21. The second-order valence-electron chi connectivity index (χ2n) is 7.62. The van der Waals surface area contributed by atoms with E-state index in [0.29, 0.717) is 22.4 Å². The second-order valence-corrected chi connectivity index (χ2v) is 8.92. The molecule has 8 heteroatoms. The summed E-state index contributed by atoms with van der Waals surface area (Å²) in [5.74, 6) is 8.07. The summed E-state index contributed by atoms with van der Waals surface area (Å²) in [6, 6.07) is 16.8. The van der Waals surface area contributed by atoms with E-state index in [1.165, 1.54) is 16.4 Å². The van der Waals surface area contributed by atoms with E-state index in [1.54, 1.807) is 19.1 Å². The number of nitrogens with zero attached hydrogens (tertiary/aromatic N) is 3. The maximum atomic E-state index is 12.5. The van der Waals surface area contributed by atoms with Gasteiger partial charge in [-0.25, -0.2) is 4.68 Å². The van der Waals surface area contributed by atoms with Crippen molar-refractivity contribution < 1.29 is 9.53 Å². The number of hydrogen-bond donors (Lipinski definition) is 2. The number of ether oxygens (including phenoxy) is 1. The lowest BCUT2D eigenvalue weighted by atomic mass is 9.96. The Kier molecular flexibility index (Phi) is 6.12. The Bertz CT molecular complexity index is 965. The van der Waals surface area contributed by atoms with Crippen LogP contribution in [0.4, 0.5) is 5.69 Å². The molecule has 0 unspecified atom stereocenters. The number of rotatable bonds is 6. The molecule has 152 valence electrons. The first-order valence-corrected chi connectivity index (χ1v) is 10.1. The van der Waals surface area contributed by atoms with Gasteiger partial charge in [0.2, 0.25) is 11.1 Å². The van der Waals surface area contributed by atoms with Gasteiger partial charge in [0.25, 0.3) is 0 Å². The maximum Gasteiger partial charge on any atom is 0.237 e. The first-order valence-electron chi connectivity index (χ1n) is 9.25. The van der Waals surface area contributed by atoms with Crippen molar-refractivity contribution in [1.29, 1.82) is 0 Å². The molecule has 1 heterocycles. The van der Waals surface area contributed by atoms with Gasteiger partial charge < -0.3 is 15.9 Å². The summed E-state index contributed by atoms with van der Waals surface area (Å²) in [6.45, 7) is 7.83. The largest absolute Gasteiger partial charge is 0.457 e. The molecule has 0 saturated heterocycles. The molecule has 3 rings (SSSR count). The minimum Gasteiger partial charge on any atom is -0.457 e. The van der Waals surface area contributed by atoms with E-state index < -0.39 is 5.25 Å². The Balaban J connectivity index is 1.59. The van der Waals surface area contributed by atoms with Crippen LogP contribution in [-0.4, -0.2) is 26.0 Å². The number of amides is 1. The third-order valence-corrected chi connectivity index (χ3v) is 5.14. The predicted molar refractivity (Wildman–Crippen MR) is 116 cm³/mol. The van der Waals surface area contributed by atoms with Crippen LogP contribution in [0.15, 0.2) is 59.8 Å². The third-order valence-electron chi connectivity index (χ3n) is 4.09. The predicted octanol–water partition coefficient (Wildman–Crippen LogP) is 4.20. The average molecular weight is 412 g/mol. The minimum atomic E-state index is -0.394. The molecule has 0 saturated carbocycles. The van der Waals surface area contributed by atoms with Gasteiger partial charge in [0.1, 0.15) is 11.5 Å². The number of aromatic nitrogens is 3. The summed E-state index contributed by atoms with van der Waals surface area (Å²) in [7, 11) is 0. The molecule has 3 N–H and O–H groups in total. The lowest BCUT2D eigenvalue weighted by molar-refractivity contribution is -0.115. The molecule has 29 heavy (non-hydrogen) atoms. The Morgan fingerprint density at radius 2 is 1.69 bits per heavy atom. The van der Waals surface area contributed by atoms with Crippen LogP contribution in [0.1, 0.15) is 33.5 Å². The van der Waals surface area contributed by atoms with E-state index in [-0.39, 0.29) is 11.3 Å². The molecule has 2 aromatic carbocycles. The van der Waals surface area contributed by atoms with Crippen LogP contribution in [0.25, 0.3) is 0 Å². The highest BCUT2D eigenvalue weighted by Gasteiger charge is 2.25. The molecule has 0 bridgehead atoms. The normalized spacial score (nSPS) is 12.4. The number of hydrogen-bond acceptors (Lipinski definition) is 6. The van der Waals surface area contributed by atoms with Crippen LogP contribution < -0.4 is 15.9 Å². The van der Waals surface area contributed by atoms with Gasteiger partial charge in [0, 0.05) is 11.1 Å². The number of thioether (sulfide) groups is 1. The summed E-state index contributed by atoms with van der Waals surface area (Å²) in [4.78, 5) is 12.5. The average Bonchev–Trinajstić information content (AvgIpc) is 3.05. The van der Waals surface area contributed by atoms with Gasteiger partial charge in [-0.3, -0.25) is 4.79 Å². The monoisotopic (exact) mass is 411 g/mol. The molecule has 1 atom stereocenters. The highest BCUT2D eigenvalue weighted by atomic mass is 32.2. The SMILES string of the molecule is C[C@@H](Sc1nnc(C(C)(C)C)n1N)C(=O)Nc1ccc(Oc2ccccc2)cc1. The molecule has 0 aliphatic rings. The number of para-hydroxylation sites is 1. The Hall–Kier alpha value is -3.00. The van der Waals surface area contributed by atoms with Crippen molar-refractivity contribution in [3.63, 3.8) is 0 Å². The van der Waals surface area contributed by atoms with Gasteiger partial charge in [-0.15, -0.1) is 10.2 Å². The number of nitrogens with one attached hydrogen (secondary N) is 1. The zero-order chi connectivity index (χ0) is 21.0. The van der Waals surface area contributed by atoms with Gasteiger partial charge in [-0.05, 0) is 43.3 Å². The lowest BCUT2D eigenvalue weighted by Gasteiger charge is -2.17. The first kappa shape index (κ1) is 20.7. The summed E-state index contributed by atoms with van der Waals surface area (Å²) in [5.41, 5.74) is 0.461. The van der Waals surface area contributed by atoms with Gasteiger partial charge in [0.05, 0.1) is 5.25 Å². The van der Waals surface area contributed by atoms with Crippen LogP contribution in [0.3, 0.4) is 0 Å². The quantitative estimate of drug-likeness (QED) is 0.466. The van der Waals surface area contributed by atoms with Crippen molar-refractivity contribution >= 4 is 23.4 Å². The minimum absolute atomic E-state index is 0.146. The molecular formula is C21H25N5O2S. The van der Waals surface area contributed by atoms with Crippen molar-refractivity contribution in [3.05, 3.63) is 60.4 Å². The Labute approximate surface area is 174 Å². The third kappa shape index (κ3) is 5.29. The topological polar surface area (TPSA) is 95.1 Å². The highest BCUT2D eigenvalue weighted by molar-refractivity contribution is 8.00. The molecule has 1 aromatic heterocycles. The van der Waals surface area contributed by atoms with Crippen LogP contribution in [-0.2, 0) is 10.2 Å². The van der Waals surface area contributed by atoms with Crippen LogP contribution in [0.2, 0.25) is 0 Å². The zero-order valence-corrected chi connectivity index (χ0v) is 17.7. The van der Waals surface area contributed by atoms with Crippen LogP contribution in [0, 0.1) is 0 Å². The van der Waals surface area contributed by atoms with E-state index in [4.69, 9.17) is 10.6 Å². The van der Waals surface area contributed by atoms with Crippen molar-refractivity contribution in [2.75, 3.05) is 11.2 Å². The molecule has 0 aliphatic heterocycles. The van der Waals surface area contributed by atoms with Crippen molar-refractivity contribution in [3.8, 4) is 11.5 Å². The molecule has 7 nitrogen and oxygen atoms in total. The van der Waals surface area contributed by atoms with Crippen molar-refractivity contribution in [2.24, 2.45) is 0 Å². The van der Waals surface area contributed by atoms with E-state index in [9.17, 15) is 4.79 Å². The van der Waals surface area contributed by atoms with Gasteiger partial charge in [0.15, 0.2) is 5.82 Å². The molecule has 1 amide bonds. The fourth-order valence-electron chi connectivity index (χ4n) is 2.56. The van der Waals surface area contributed by atoms with E-state index in [0.717, 1.165) is 5.75 Å². The molecule has 0 spiro atoms. The number of nitrogen functional groups attached to an aromatic ring is 1. The number of nitrogens with two attached hydrogens (primary N) is 1. The molecule has 0 aliphatic carbocycles. The fraction of sp³-hybridized carbons (Fsp3) is 0.286. The van der Waals surface area contributed by atoms with Gasteiger partial charge in [-0.2, -0.15) is 0 Å². The van der Waals surface area contributed by atoms with Crippen molar-refractivity contribution in [2.45, 2.75) is 43.5 Å². The van der Waals surface area contributed by atoms with E-state index >= 15 is 0 Å². The fourth-order valence-corrected chi connectivity index (χ4v) is 3.33. The number of benzene rings is 2. The zero-order valence-electron chi connectivity index (χ0n) is 16.9. The molecule has 0 fully saturated rings. The number of anilines is 1. The Morgan fingerprint density at radius 3 is 2.28 bits per heavy atom. The van der Waals surface area contributed by atoms with Crippen LogP contribution >= 0.6 is 11.8 Å². The molecule has 0 radical (unpaired) electrons. The smallest absolute Gasteiger partial charge is 0.237 e. The summed E-state index contributed by atoms with van der Waals surface area (Å²) in [6.07, 6.45) is 0. The van der Waals surface area contributed by atoms with Gasteiger partial charge >= 0.3 is 0 Å². The Morgan fingerprint density at radius 1 is 1.07 bits per heavy atom. The number of carbonyl (C=O) groups is 1. The van der Waals surface area contributed by atoms with Crippen molar-refractivity contribution in [1.82, 2.24) is 14.9 Å². The number of carbonyl (C=O) groups excluding carboxylic acids is 1. The van der Waals surface area contributed by atoms with Crippen LogP contribution in [0.5, 0.6) is 11.5 Å². The summed E-state index contributed by atoms with van der Waals surface area (Å²) >= 11 is 1.27. The molecular weight excluding hydrogens is 386 g/mol. The second kappa shape index (κ2) is 8.57. The van der Waals surface area contributed by atoms with E-state index in [2.05, 4.69) is 15.5 Å². The first-order chi connectivity index (χ1) is 13.7. The highest BCUT2D eigenvalue weighted by Crippen LogP contribution is 2.27. The van der Waals surface area contributed by atoms with E-state index in [1.807, 2.05) is 63.2 Å². The maximum absolute atomic E-state index is 12.5. The molecule has 3 aromatic rings. The lowest BCUT2D eigenvalue weighted by Crippen LogP contribution is -2.26. The standard InChI is InChI=1S/C21H25N5O2S/c1-14(29-20-25-24-19(26(20)22)21(2,3)4)18(27)23-15-10-12-17(13-11-15)28-16-8-6-5-7-9-16/h5-14H,22H2,1-4H3,(H,23,27)/t14-/m1/s1. The summed E-state index contributed by atoms with van der Waals surface area (Å²) in [5, 5.41) is 11.3. The van der Waals surface area contributed by atoms with Gasteiger partial charge in [-0.1, -0.05) is 50.7 Å².